The first kappa shape index (κ1) is 16.4. The number of benzene rings is 2. The number of rotatable bonds is 3. The number of amides is 2. The highest BCUT2D eigenvalue weighted by Crippen LogP contribution is 2.34. The smallest absolute Gasteiger partial charge is 0.313 e. The van der Waals surface area contributed by atoms with Crippen molar-refractivity contribution in [2.45, 2.75) is 31.7 Å². The standard InChI is InChI=1S/C21H21N3O2/c25-20(22-15-10-4-5-11-15)21(26)24-19-16-12-6-7-13-17(16)23-18(19)14-8-2-1-3-9-14/h1-3,6-9,12-13,15,23H,4-5,10-11H2,(H,22,25)(H,24,26). The minimum Gasteiger partial charge on any atom is -0.353 e. The third kappa shape index (κ3) is 3.20. The van der Waals surface area contributed by atoms with Crippen LogP contribution in [0.4, 0.5) is 5.69 Å². The lowest BCUT2D eigenvalue weighted by atomic mass is 10.1. The molecule has 4 rings (SSSR count). The summed E-state index contributed by atoms with van der Waals surface area (Å²) in [5, 5.41) is 6.54. The van der Waals surface area contributed by atoms with Gasteiger partial charge in [0, 0.05) is 22.5 Å². The Labute approximate surface area is 151 Å². The largest absolute Gasteiger partial charge is 0.353 e. The monoisotopic (exact) mass is 347 g/mol. The lowest BCUT2D eigenvalue weighted by molar-refractivity contribution is -0.136. The van der Waals surface area contributed by atoms with E-state index in [9.17, 15) is 9.59 Å². The molecular formula is C21H21N3O2. The van der Waals surface area contributed by atoms with Gasteiger partial charge in [0.05, 0.1) is 11.4 Å². The minimum absolute atomic E-state index is 0.116. The van der Waals surface area contributed by atoms with Crippen LogP contribution in [0.15, 0.2) is 54.6 Å². The number of fused-ring (bicyclic) bond motifs is 1. The Hall–Kier alpha value is -3.08. The fourth-order valence-corrected chi connectivity index (χ4v) is 3.58. The second-order valence-electron chi connectivity index (χ2n) is 6.70. The van der Waals surface area contributed by atoms with E-state index >= 15 is 0 Å². The van der Waals surface area contributed by atoms with Crippen LogP contribution < -0.4 is 10.6 Å². The fraction of sp³-hybridized carbons (Fsp3) is 0.238. The predicted octanol–water partition coefficient (Wildman–Crippen LogP) is 3.83. The van der Waals surface area contributed by atoms with Crippen molar-refractivity contribution in [2.75, 3.05) is 5.32 Å². The van der Waals surface area contributed by atoms with Crippen LogP contribution in [0, 0.1) is 0 Å². The Bertz CT molecular complexity index is 940. The van der Waals surface area contributed by atoms with E-state index in [1.54, 1.807) is 0 Å². The molecule has 5 heteroatoms. The highest BCUT2D eigenvalue weighted by Gasteiger charge is 2.23. The molecule has 0 bridgehead atoms. The lowest BCUT2D eigenvalue weighted by Gasteiger charge is -2.12. The van der Waals surface area contributed by atoms with E-state index in [1.807, 2.05) is 54.6 Å². The first-order valence-corrected chi connectivity index (χ1v) is 9.00. The molecule has 3 N–H and O–H groups in total. The normalized spacial score (nSPS) is 14.5. The van der Waals surface area contributed by atoms with Crippen LogP contribution in [-0.2, 0) is 9.59 Å². The fourth-order valence-electron chi connectivity index (χ4n) is 3.58. The first-order valence-electron chi connectivity index (χ1n) is 9.00. The van der Waals surface area contributed by atoms with E-state index in [0.717, 1.165) is 47.8 Å². The van der Waals surface area contributed by atoms with Gasteiger partial charge in [-0.05, 0) is 18.9 Å². The average molecular weight is 347 g/mol. The van der Waals surface area contributed by atoms with Crippen LogP contribution in [-0.4, -0.2) is 22.8 Å². The molecule has 0 saturated heterocycles. The SMILES string of the molecule is O=C(Nc1c(-c2ccccc2)[nH]c2ccccc12)C(=O)NC1CCCC1. The zero-order chi connectivity index (χ0) is 17.9. The molecule has 0 aliphatic heterocycles. The summed E-state index contributed by atoms with van der Waals surface area (Å²) in [5.74, 6) is -1.19. The third-order valence-electron chi connectivity index (χ3n) is 4.90. The summed E-state index contributed by atoms with van der Waals surface area (Å²) in [7, 11) is 0. The molecule has 1 fully saturated rings. The van der Waals surface area contributed by atoms with Gasteiger partial charge in [-0.25, -0.2) is 0 Å². The number of aromatic nitrogens is 1. The molecule has 1 aliphatic carbocycles. The summed E-state index contributed by atoms with van der Waals surface area (Å²) >= 11 is 0. The molecule has 132 valence electrons. The van der Waals surface area contributed by atoms with Gasteiger partial charge in [0.25, 0.3) is 0 Å². The van der Waals surface area contributed by atoms with Crippen molar-refractivity contribution >= 4 is 28.4 Å². The number of nitrogens with one attached hydrogen (secondary N) is 3. The van der Waals surface area contributed by atoms with Crippen LogP contribution in [0.25, 0.3) is 22.2 Å². The van der Waals surface area contributed by atoms with Crippen LogP contribution in [0.5, 0.6) is 0 Å². The molecule has 5 nitrogen and oxygen atoms in total. The number of hydrogen-bond donors (Lipinski definition) is 3. The summed E-state index contributed by atoms with van der Waals surface area (Å²) in [6.45, 7) is 0. The van der Waals surface area contributed by atoms with E-state index in [-0.39, 0.29) is 6.04 Å². The lowest BCUT2D eigenvalue weighted by Crippen LogP contribution is -2.40. The Morgan fingerprint density at radius 3 is 2.35 bits per heavy atom. The maximum absolute atomic E-state index is 12.5. The first-order chi connectivity index (χ1) is 12.7. The number of para-hydroxylation sites is 1. The highest BCUT2D eigenvalue weighted by atomic mass is 16.2. The second kappa shape index (κ2) is 7.04. The molecule has 0 unspecified atom stereocenters. The van der Waals surface area contributed by atoms with Gasteiger partial charge in [-0.3, -0.25) is 9.59 Å². The average Bonchev–Trinajstić information content (AvgIpc) is 3.30. The van der Waals surface area contributed by atoms with Crippen molar-refractivity contribution in [1.82, 2.24) is 10.3 Å². The van der Waals surface area contributed by atoms with Gasteiger partial charge in [0.1, 0.15) is 0 Å². The number of anilines is 1. The highest BCUT2D eigenvalue weighted by molar-refractivity contribution is 6.40. The van der Waals surface area contributed by atoms with Gasteiger partial charge in [-0.2, -0.15) is 0 Å². The molecule has 0 radical (unpaired) electrons. The summed E-state index contributed by atoms with van der Waals surface area (Å²) in [6.07, 6.45) is 4.10. The van der Waals surface area contributed by atoms with Crippen molar-refractivity contribution in [2.24, 2.45) is 0 Å². The van der Waals surface area contributed by atoms with Crippen molar-refractivity contribution < 1.29 is 9.59 Å². The van der Waals surface area contributed by atoms with E-state index in [4.69, 9.17) is 0 Å². The molecule has 0 atom stereocenters. The van der Waals surface area contributed by atoms with Gasteiger partial charge in [-0.1, -0.05) is 61.4 Å². The van der Waals surface area contributed by atoms with E-state index in [2.05, 4.69) is 15.6 Å². The van der Waals surface area contributed by atoms with Crippen LogP contribution in [0.3, 0.4) is 0 Å². The van der Waals surface area contributed by atoms with Crippen LogP contribution in [0.1, 0.15) is 25.7 Å². The molecule has 2 amide bonds. The summed E-state index contributed by atoms with van der Waals surface area (Å²) in [5.41, 5.74) is 3.31. The molecular weight excluding hydrogens is 326 g/mol. The van der Waals surface area contributed by atoms with Gasteiger partial charge in [-0.15, -0.1) is 0 Å². The molecule has 26 heavy (non-hydrogen) atoms. The third-order valence-corrected chi connectivity index (χ3v) is 4.90. The Morgan fingerprint density at radius 2 is 1.58 bits per heavy atom. The zero-order valence-electron chi connectivity index (χ0n) is 14.4. The molecule has 1 heterocycles. The van der Waals surface area contributed by atoms with Crippen molar-refractivity contribution in [1.29, 1.82) is 0 Å². The maximum atomic E-state index is 12.5. The minimum atomic E-state index is -0.626. The molecule has 1 aromatic heterocycles. The molecule has 2 aromatic carbocycles. The van der Waals surface area contributed by atoms with E-state index in [0.29, 0.717) is 5.69 Å². The van der Waals surface area contributed by atoms with Crippen molar-refractivity contribution in [3.05, 3.63) is 54.6 Å². The number of H-pyrrole nitrogens is 1. The topological polar surface area (TPSA) is 74.0 Å². The van der Waals surface area contributed by atoms with Gasteiger partial charge >= 0.3 is 11.8 Å². The molecule has 3 aromatic rings. The summed E-state index contributed by atoms with van der Waals surface area (Å²) in [6, 6.07) is 17.6. The Balaban J connectivity index is 1.64. The number of aromatic amines is 1. The summed E-state index contributed by atoms with van der Waals surface area (Å²) < 4.78 is 0. The molecule has 0 spiro atoms. The van der Waals surface area contributed by atoms with E-state index in [1.165, 1.54) is 0 Å². The maximum Gasteiger partial charge on any atom is 0.313 e. The Morgan fingerprint density at radius 1 is 0.885 bits per heavy atom. The van der Waals surface area contributed by atoms with Crippen LogP contribution in [0.2, 0.25) is 0 Å². The van der Waals surface area contributed by atoms with Crippen molar-refractivity contribution in [3.63, 3.8) is 0 Å². The van der Waals surface area contributed by atoms with E-state index < -0.39 is 11.8 Å². The predicted molar refractivity (Wildman–Crippen MR) is 103 cm³/mol. The molecule has 1 aliphatic rings. The van der Waals surface area contributed by atoms with Crippen molar-refractivity contribution in [3.8, 4) is 11.3 Å². The number of carbonyl (C=O) groups excluding carboxylic acids is 2. The van der Waals surface area contributed by atoms with Gasteiger partial charge in [0.2, 0.25) is 0 Å². The quantitative estimate of drug-likeness (QED) is 0.630. The zero-order valence-corrected chi connectivity index (χ0v) is 14.4. The molecule has 1 saturated carbocycles. The number of carbonyl (C=O) groups is 2. The second-order valence-corrected chi connectivity index (χ2v) is 6.70. The summed E-state index contributed by atoms with van der Waals surface area (Å²) in [4.78, 5) is 28.1. The van der Waals surface area contributed by atoms with Gasteiger partial charge in [0.15, 0.2) is 0 Å². The van der Waals surface area contributed by atoms with Crippen LogP contribution >= 0.6 is 0 Å². The van der Waals surface area contributed by atoms with Gasteiger partial charge < -0.3 is 15.6 Å². The number of hydrogen-bond acceptors (Lipinski definition) is 2. The Kier molecular flexibility index (Phi) is 4.44.